The van der Waals surface area contributed by atoms with Gasteiger partial charge < -0.3 is 0 Å². The average molecular weight is 481 g/mol. The molecule has 0 radical (unpaired) electrons. The van der Waals surface area contributed by atoms with Gasteiger partial charge in [0, 0.05) is 0 Å². The summed E-state index contributed by atoms with van der Waals surface area (Å²) in [5.41, 5.74) is 3.83. The summed E-state index contributed by atoms with van der Waals surface area (Å²) in [4.78, 5) is 0. The number of aryl methyl sites for hydroxylation is 1. The van der Waals surface area contributed by atoms with Gasteiger partial charge in [0.15, 0.2) is 0 Å². The van der Waals surface area contributed by atoms with Gasteiger partial charge in [0.05, 0.1) is 0 Å². The number of unbranched alkanes of at least 4 members (excludes halogenated alkanes) is 8. The number of benzene rings is 1. The Kier molecular flexibility index (Phi) is 13.3. The number of rotatable bonds is 16. The van der Waals surface area contributed by atoms with Crippen molar-refractivity contribution in [3.8, 4) is 0 Å². The third-order valence-corrected chi connectivity index (χ3v) is 10.1. The number of hydrogen-bond donors (Lipinski definition) is 0. The molecule has 0 spiro atoms. The first-order chi connectivity index (χ1) is 17.1. The summed E-state index contributed by atoms with van der Waals surface area (Å²) in [5, 5.41) is 0. The molecule has 0 heteroatoms. The highest BCUT2D eigenvalue weighted by molar-refractivity contribution is 5.26. The van der Waals surface area contributed by atoms with E-state index in [2.05, 4.69) is 45.0 Å². The van der Waals surface area contributed by atoms with Crippen LogP contribution < -0.4 is 0 Å². The summed E-state index contributed by atoms with van der Waals surface area (Å²) in [6, 6.07) is 9.92. The van der Waals surface area contributed by atoms with Crippen molar-refractivity contribution in [2.24, 2.45) is 17.3 Å². The van der Waals surface area contributed by atoms with E-state index in [0.717, 1.165) is 17.8 Å². The number of hydrogen-bond acceptors (Lipinski definition) is 0. The van der Waals surface area contributed by atoms with Gasteiger partial charge in [0.25, 0.3) is 0 Å². The molecule has 0 saturated heterocycles. The van der Waals surface area contributed by atoms with Crippen LogP contribution in [0.2, 0.25) is 0 Å². The lowest BCUT2D eigenvalue weighted by atomic mass is 9.68. The van der Waals surface area contributed by atoms with E-state index in [0.29, 0.717) is 5.41 Å². The molecule has 200 valence electrons. The van der Waals surface area contributed by atoms with Crippen LogP contribution in [-0.4, -0.2) is 0 Å². The Balaban J connectivity index is 1.29. The first-order valence-corrected chi connectivity index (χ1v) is 16.2. The molecule has 35 heavy (non-hydrogen) atoms. The Bertz CT molecular complexity index is 639. The molecule has 1 aromatic rings. The molecule has 0 unspecified atom stereocenters. The average Bonchev–Trinajstić information content (AvgIpc) is 2.89. The minimum Gasteiger partial charge on any atom is -0.0654 e. The van der Waals surface area contributed by atoms with Gasteiger partial charge in [-0.15, -0.1) is 0 Å². The molecule has 0 aliphatic heterocycles. The maximum absolute atomic E-state index is 2.58. The zero-order chi connectivity index (χ0) is 24.8. The van der Waals surface area contributed by atoms with Crippen molar-refractivity contribution < 1.29 is 0 Å². The summed E-state index contributed by atoms with van der Waals surface area (Å²) in [6.07, 6.45) is 31.8. The maximum atomic E-state index is 2.58. The van der Waals surface area contributed by atoms with Crippen molar-refractivity contribution in [1.29, 1.82) is 0 Å². The molecule has 2 aliphatic rings. The van der Waals surface area contributed by atoms with E-state index in [1.807, 2.05) is 0 Å². The highest BCUT2D eigenvalue weighted by Crippen LogP contribution is 2.45. The minimum atomic E-state index is 0.622. The van der Waals surface area contributed by atoms with E-state index in [1.165, 1.54) is 141 Å². The SMILES string of the molecule is CCCCCCCC1CCC(CCc2ccc(C3CCC(C)(CCCCCCC)CC3)cc2)CC1. The first-order valence-electron chi connectivity index (χ1n) is 16.2. The summed E-state index contributed by atoms with van der Waals surface area (Å²) < 4.78 is 0. The fourth-order valence-electron chi connectivity index (χ4n) is 7.23. The molecule has 0 aromatic heterocycles. The lowest BCUT2D eigenvalue weighted by Gasteiger charge is -2.38. The highest BCUT2D eigenvalue weighted by atomic mass is 14.4. The molecule has 0 amide bonds. The molecule has 0 heterocycles. The quantitative estimate of drug-likeness (QED) is 0.206. The Morgan fingerprint density at radius 3 is 1.77 bits per heavy atom. The van der Waals surface area contributed by atoms with Crippen molar-refractivity contribution in [3.05, 3.63) is 35.4 Å². The first kappa shape index (κ1) is 28.8. The fourth-order valence-corrected chi connectivity index (χ4v) is 7.23. The van der Waals surface area contributed by atoms with Crippen molar-refractivity contribution in [3.63, 3.8) is 0 Å². The molecule has 2 aliphatic carbocycles. The third-order valence-electron chi connectivity index (χ3n) is 10.1. The van der Waals surface area contributed by atoms with Crippen molar-refractivity contribution >= 4 is 0 Å². The Hall–Kier alpha value is -0.780. The van der Waals surface area contributed by atoms with Gasteiger partial charge >= 0.3 is 0 Å². The smallest absolute Gasteiger partial charge is 0.0162 e. The van der Waals surface area contributed by atoms with Crippen LogP contribution in [0, 0.1) is 17.3 Å². The maximum Gasteiger partial charge on any atom is -0.0162 e. The van der Waals surface area contributed by atoms with Crippen LogP contribution >= 0.6 is 0 Å². The second-order valence-electron chi connectivity index (χ2n) is 13.1. The molecule has 0 N–H and O–H groups in total. The van der Waals surface area contributed by atoms with Crippen LogP contribution in [0.15, 0.2) is 24.3 Å². The molecular weight excluding hydrogens is 420 g/mol. The van der Waals surface area contributed by atoms with E-state index in [9.17, 15) is 0 Å². The van der Waals surface area contributed by atoms with Gasteiger partial charge in [-0.05, 0) is 79.2 Å². The Morgan fingerprint density at radius 2 is 1.17 bits per heavy atom. The van der Waals surface area contributed by atoms with Crippen LogP contribution in [0.1, 0.15) is 173 Å². The van der Waals surface area contributed by atoms with E-state index in [4.69, 9.17) is 0 Å². The van der Waals surface area contributed by atoms with Gasteiger partial charge in [-0.25, -0.2) is 0 Å². The molecule has 2 saturated carbocycles. The van der Waals surface area contributed by atoms with Crippen LogP contribution in [-0.2, 0) is 6.42 Å². The van der Waals surface area contributed by atoms with Crippen molar-refractivity contribution in [1.82, 2.24) is 0 Å². The molecule has 0 atom stereocenters. The molecule has 3 rings (SSSR count). The van der Waals surface area contributed by atoms with Gasteiger partial charge in [0.1, 0.15) is 0 Å². The Morgan fingerprint density at radius 1 is 0.629 bits per heavy atom. The van der Waals surface area contributed by atoms with Crippen LogP contribution in [0.5, 0.6) is 0 Å². The lowest BCUT2D eigenvalue weighted by molar-refractivity contribution is 0.177. The fraction of sp³-hybridized carbons (Fsp3) is 0.829. The largest absolute Gasteiger partial charge is 0.0654 e. The van der Waals surface area contributed by atoms with E-state index in [1.54, 1.807) is 11.1 Å². The van der Waals surface area contributed by atoms with E-state index >= 15 is 0 Å². The van der Waals surface area contributed by atoms with E-state index < -0.39 is 0 Å². The molecule has 1 aromatic carbocycles. The topological polar surface area (TPSA) is 0 Å². The summed E-state index contributed by atoms with van der Waals surface area (Å²) in [6.45, 7) is 7.21. The Labute approximate surface area is 220 Å². The normalized spacial score (nSPS) is 27.2. The summed E-state index contributed by atoms with van der Waals surface area (Å²) in [5.74, 6) is 2.85. The molecule has 0 nitrogen and oxygen atoms in total. The van der Waals surface area contributed by atoms with Crippen LogP contribution in [0.25, 0.3) is 0 Å². The predicted octanol–water partition coefficient (Wildman–Crippen LogP) is 11.8. The van der Waals surface area contributed by atoms with Gasteiger partial charge in [-0.3, -0.25) is 0 Å². The van der Waals surface area contributed by atoms with Gasteiger partial charge in [-0.1, -0.05) is 141 Å². The van der Waals surface area contributed by atoms with E-state index in [-0.39, 0.29) is 0 Å². The molecule has 0 bridgehead atoms. The monoisotopic (exact) mass is 480 g/mol. The van der Waals surface area contributed by atoms with Crippen LogP contribution in [0.3, 0.4) is 0 Å². The zero-order valence-corrected chi connectivity index (χ0v) is 24.1. The van der Waals surface area contributed by atoms with Gasteiger partial charge in [0.2, 0.25) is 0 Å². The third kappa shape index (κ3) is 10.6. The summed E-state index contributed by atoms with van der Waals surface area (Å²) in [7, 11) is 0. The predicted molar refractivity (Wildman–Crippen MR) is 156 cm³/mol. The van der Waals surface area contributed by atoms with Crippen molar-refractivity contribution in [2.45, 2.75) is 168 Å². The standard InChI is InChI=1S/C35H60/c1-4-6-8-10-12-14-30-15-17-31(18-16-30)19-20-32-21-23-33(24-22-32)34-25-28-35(3,29-26-34)27-13-11-9-7-5-2/h21-24,30-31,34H,4-20,25-29H2,1-3H3. The second-order valence-corrected chi connectivity index (χ2v) is 13.1. The van der Waals surface area contributed by atoms with Gasteiger partial charge in [-0.2, -0.15) is 0 Å². The van der Waals surface area contributed by atoms with Crippen molar-refractivity contribution in [2.75, 3.05) is 0 Å². The molecular formula is C35H60. The van der Waals surface area contributed by atoms with Crippen LogP contribution in [0.4, 0.5) is 0 Å². The lowest BCUT2D eigenvalue weighted by Crippen LogP contribution is -2.23. The summed E-state index contributed by atoms with van der Waals surface area (Å²) >= 11 is 0. The second kappa shape index (κ2) is 16.1. The highest BCUT2D eigenvalue weighted by Gasteiger charge is 2.31. The zero-order valence-electron chi connectivity index (χ0n) is 24.1. The minimum absolute atomic E-state index is 0.622. The molecule has 2 fully saturated rings.